The summed E-state index contributed by atoms with van der Waals surface area (Å²) in [4.78, 5) is -0.171. The molecule has 0 radical (unpaired) electrons. The van der Waals surface area contributed by atoms with Crippen LogP contribution < -0.4 is 4.31 Å². The fraction of sp³-hybridized carbons (Fsp3) is 0.294. The highest BCUT2D eigenvalue weighted by molar-refractivity contribution is 7.92. The number of aliphatic hydroxyl groups is 1. The van der Waals surface area contributed by atoms with Gasteiger partial charge >= 0.3 is 12.4 Å². The molecule has 1 N–H and O–H groups in total. The van der Waals surface area contributed by atoms with Gasteiger partial charge < -0.3 is 5.11 Å². The number of sulfonamides is 1. The highest BCUT2D eigenvalue weighted by Crippen LogP contribution is 2.50. The Kier molecular flexibility index (Phi) is 6.18. The summed E-state index contributed by atoms with van der Waals surface area (Å²) < 4.78 is 104. The van der Waals surface area contributed by atoms with Crippen molar-refractivity contribution < 1.29 is 39.9 Å². The first-order valence-electron chi connectivity index (χ1n) is 7.91. The number of hydrogen-bond donors (Lipinski definition) is 1. The second-order valence-electron chi connectivity index (χ2n) is 5.88. The lowest BCUT2D eigenvalue weighted by atomic mass is 9.92. The number of hydrogen-bond acceptors (Lipinski definition) is 3. The molecule has 0 atom stereocenters. The van der Waals surface area contributed by atoms with E-state index in [1.807, 2.05) is 0 Å². The van der Waals surface area contributed by atoms with E-state index in [1.165, 1.54) is 31.2 Å². The Hall–Kier alpha value is -1.98. The van der Waals surface area contributed by atoms with E-state index in [4.69, 9.17) is 11.6 Å². The van der Waals surface area contributed by atoms with E-state index in [0.717, 1.165) is 16.4 Å². The van der Waals surface area contributed by atoms with E-state index in [9.17, 15) is 39.9 Å². The number of rotatable bonds is 5. The maximum Gasteiger partial charge on any atom is 0.430 e. The number of alkyl halides is 6. The monoisotopic (exact) mass is 461 g/mol. The van der Waals surface area contributed by atoms with Crippen molar-refractivity contribution in [3.05, 3.63) is 59.1 Å². The molecule has 0 heterocycles. The first-order chi connectivity index (χ1) is 13.2. The average Bonchev–Trinajstić information content (AvgIpc) is 2.60. The molecule has 0 aliphatic carbocycles. The van der Waals surface area contributed by atoms with Crippen molar-refractivity contribution in [2.75, 3.05) is 10.8 Å². The van der Waals surface area contributed by atoms with Crippen molar-refractivity contribution in [3.8, 4) is 0 Å². The fourth-order valence-electron chi connectivity index (χ4n) is 2.58. The quantitative estimate of drug-likeness (QED) is 0.646. The summed E-state index contributed by atoms with van der Waals surface area (Å²) in [6.07, 6.45) is -12.1. The van der Waals surface area contributed by atoms with Crippen LogP contribution in [0.1, 0.15) is 12.5 Å². The standard InChI is InChI=1S/C17H14ClF6NO3S/c1-2-25(29(27,28)14-9-5-12(18)6-10-14)13-7-3-11(4-8-13)15(26,16(19,20)21)17(22,23)24/h3-10,26H,2H2,1H3. The van der Waals surface area contributed by atoms with Crippen LogP contribution in [0.4, 0.5) is 32.0 Å². The third-order valence-electron chi connectivity index (χ3n) is 4.08. The lowest BCUT2D eigenvalue weighted by molar-refractivity contribution is -0.376. The van der Waals surface area contributed by atoms with Crippen LogP contribution in [0.3, 0.4) is 0 Å². The van der Waals surface area contributed by atoms with Crippen molar-refractivity contribution in [1.29, 1.82) is 0 Å². The van der Waals surface area contributed by atoms with Gasteiger partial charge in [0, 0.05) is 17.1 Å². The van der Waals surface area contributed by atoms with Crippen molar-refractivity contribution in [2.45, 2.75) is 29.8 Å². The van der Waals surface area contributed by atoms with Crippen LogP contribution >= 0.6 is 11.6 Å². The Morgan fingerprint density at radius 1 is 0.897 bits per heavy atom. The van der Waals surface area contributed by atoms with Gasteiger partial charge in [-0.1, -0.05) is 23.7 Å². The molecule has 0 saturated heterocycles. The molecular formula is C17H14ClF6NO3S. The maximum absolute atomic E-state index is 13.0. The molecule has 29 heavy (non-hydrogen) atoms. The molecule has 0 aromatic heterocycles. The molecule has 0 unspecified atom stereocenters. The molecule has 0 bridgehead atoms. The Labute approximate surface area is 167 Å². The minimum Gasteiger partial charge on any atom is -0.369 e. The van der Waals surface area contributed by atoms with E-state index < -0.39 is 33.5 Å². The van der Waals surface area contributed by atoms with Gasteiger partial charge in [-0.25, -0.2) is 8.42 Å². The van der Waals surface area contributed by atoms with Crippen LogP contribution in [0, 0.1) is 0 Å². The molecule has 0 amide bonds. The van der Waals surface area contributed by atoms with Crippen LogP contribution in [0.5, 0.6) is 0 Å². The Morgan fingerprint density at radius 3 is 1.72 bits per heavy atom. The molecule has 0 aliphatic heterocycles. The van der Waals surface area contributed by atoms with E-state index in [-0.39, 0.29) is 22.2 Å². The van der Waals surface area contributed by atoms with Crippen LogP contribution in [0.25, 0.3) is 0 Å². The summed E-state index contributed by atoms with van der Waals surface area (Å²) in [5, 5.41) is 9.68. The number of benzene rings is 2. The predicted molar refractivity (Wildman–Crippen MR) is 94.1 cm³/mol. The molecule has 2 aromatic rings. The van der Waals surface area contributed by atoms with Crippen molar-refractivity contribution in [2.24, 2.45) is 0 Å². The molecule has 0 fully saturated rings. The average molecular weight is 462 g/mol. The first-order valence-corrected chi connectivity index (χ1v) is 9.72. The van der Waals surface area contributed by atoms with Crippen LogP contribution in [0.15, 0.2) is 53.4 Å². The van der Waals surface area contributed by atoms with Gasteiger partial charge in [0.25, 0.3) is 15.6 Å². The third kappa shape index (κ3) is 4.17. The Bertz CT molecular complexity index is 943. The van der Waals surface area contributed by atoms with Crippen molar-refractivity contribution in [1.82, 2.24) is 0 Å². The topological polar surface area (TPSA) is 57.6 Å². The van der Waals surface area contributed by atoms with Gasteiger partial charge in [0.15, 0.2) is 0 Å². The van der Waals surface area contributed by atoms with Gasteiger partial charge in [-0.15, -0.1) is 0 Å². The summed E-state index contributed by atoms with van der Waals surface area (Å²) in [5.74, 6) is 0. The van der Waals surface area contributed by atoms with Crippen LogP contribution in [-0.2, 0) is 15.6 Å². The smallest absolute Gasteiger partial charge is 0.369 e. The third-order valence-corrected chi connectivity index (χ3v) is 6.25. The van der Waals surface area contributed by atoms with Gasteiger partial charge in [-0.3, -0.25) is 4.31 Å². The van der Waals surface area contributed by atoms with E-state index in [2.05, 4.69) is 0 Å². The normalized spacial score (nSPS) is 13.4. The van der Waals surface area contributed by atoms with Gasteiger partial charge in [0.2, 0.25) is 0 Å². The van der Waals surface area contributed by atoms with Gasteiger partial charge in [0.1, 0.15) is 0 Å². The molecule has 0 spiro atoms. The summed E-state index contributed by atoms with van der Waals surface area (Å²) in [5.41, 5.74) is -6.76. The second kappa shape index (κ2) is 7.69. The summed E-state index contributed by atoms with van der Waals surface area (Å²) in [7, 11) is -4.16. The first kappa shape index (κ1) is 23.3. The van der Waals surface area contributed by atoms with E-state index >= 15 is 0 Å². The van der Waals surface area contributed by atoms with E-state index in [0.29, 0.717) is 12.1 Å². The zero-order valence-electron chi connectivity index (χ0n) is 14.6. The van der Waals surface area contributed by atoms with Gasteiger partial charge in [0.05, 0.1) is 10.6 Å². The van der Waals surface area contributed by atoms with Crippen LogP contribution in [0.2, 0.25) is 5.02 Å². The predicted octanol–water partition coefficient (Wildman–Crippen LogP) is 4.87. The highest BCUT2D eigenvalue weighted by atomic mass is 35.5. The Balaban J connectivity index is 2.50. The zero-order valence-corrected chi connectivity index (χ0v) is 16.2. The minimum absolute atomic E-state index is 0.160. The molecule has 4 nitrogen and oxygen atoms in total. The zero-order chi connectivity index (χ0) is 22.3. The molecular weight excluding hydrogens is 448 g/mol. The lowest BCUT2D eigenvalue weighted by Gasteiger charge is -2.33. The van der Waals surface area contributed by atoms with E-state index in [1.54, 1.807) is 0 Å². The summed E-state index contributed by atoms with van der Waals surface area (Å²) in [6.45, 7) is 1.27. The van der Waals surface area contributed by atoms with Gasteiger partial charge in [-0.2, -0.15) is 26.3 Å². The SMILES string of the molecule is CCN(c1ccc(C(O)(C(F)(F)F)C(F)(F)F)cc1)S(=O)(=O)c1ccc(Cl)cc1. The van der Waals surface area contributed by atoms with Gasteiger partial charge in [-0.05, 0) is 43.3 Å². The molecule has 0 saturated carbocycles. The minimum atomic E-state index is -6.04. The number of anilines is 1. The number of halogens is 7. The molecule has 2 aromatic carbocycles. The highest BCUT2D eigenvalue weighted by Gasteiger charge is 2.71. The largest absolute Gasteiger partial charge is 0.430 e. The number of nitrogens with zero attached hydrogens (tertiary/aromatic N) is 1. The fourth-order valence-corrected chi connectivity index (χ4v) is 4.18. The van der Waals surface area contributed by atoms with Crippen LogP contribution in [-0.4, -0.2) is 32.4 Å². The molecule has 160 valence electrons. The maximum atomic E-state index is 13.0. The summed E-state index contributed by atoms with van der Waals surface area (Å²) >= 11 is 5.71. The summed E-state index contributed by atoms with van der Waals surface area (Å²) in [6, 6.07) is 7.34. The Morgan fingerprint density at radius 2 is 1.34 bits per heavy atom. The lowest BCUT2D eigenvalue weighted by Crippen LogP contribution is -2.53. The molecule has 12 heteroatoms. The molecule has 0 aliphatic rings. The van der Waals surface area contributed by atoms with Crippen molar-refractivity contribution >= 4 is 27.3 Å². The molecule has 2 rings (SSSR count). The van der Waals surface area contributed by atoms with Crippen molar-refractivity contribution in [3.63, 3.8) is 0 Å². The second-order valence-corrected chi connectivity index (χ2v) is 8.18.